The van der Waals surface area contributed by atoms with Crippen LogP contribution in [0, 0.1) is 5.92 Å². The van der Waals surface area contributed by atoms with Crippen LogP contribution in [0.25, 0.3) is 0 Å². The van der Waals surface area contributed by atoms with Gasteiger partial charge in [-0.05, 0) is 43.7 Å². The largest absolute Gasteiger partial charge is 0.307 e. The van der Waals surface area contributed by atoms with Crippen LogP contribution >= 0.6 is 0 Å². The second-order valence-electron chi connectivity index (χ2n) is 4.96. The van der Waals surface area contributed by atoms with Gasteiger partial charge in [0.1, 0.15) is 0 Å². The summed E-state index contributed by atoms with van der Waals surface area (Å²) in [7, 11) is 0. The smallest absolute Gasteiger partial charge is 0.0315 e. The van der Waals surface area contributed by atoms with Gasteiger partial charge in [0.25, 0.3) is 0 Å². The van der Waals surface area contributed by atoms with Crippen LogP contribution in [0.15, 0.2) is 24.5 Å². The van der Waals surface area contributed by atoms with E-state index in [0.29, 0.717) is 12.1 Å². The predicted octanol–water partition coefficient (Wildman–Crippen LogP) is 3.31. The zero-order chi connectivity index (χ0) is 11.4. The lowest BCUT2D eigenvalue weighted by Gasteiger charge is -2.19. The molecule has 1 saturated carbocycles. The van der Waals surface area contributed by atoms with Gasteiger partial charge in [-0.3, -0.25) is 4.98 Å². The van der Waals surface area contributed by atoms with Crippen LogP contribution in [0.5, 0.6) is 0 Å². The molecule has 0 spiro atoms. The lowest BCUT2D eigenvalue weighted by molar-refractivity contribution is 0.437. The van der Waals surface area contributed by atoms with Crippen molar-refractivity contribution in [3.63, 3.8) is 0 Å². The molecular weight excluding hydrogens is 196 g/mol. The van der Waals surface area contributed by atoms with Crippen LogP contribution in [0.4, 0.5) is 0 Å². The Balaban J connectivity index is 1.86. The average molecular weight is 218 g/mol. The summed E-state index contributed by atoms with van der Waals surface area (Å²) >= 11 is 0. The maximum atomic E-state index is 4.17. The highest BCUT2D eigenvalue weighted by Gasteiger charge is 2.24. The second kappa shape index (κ2) is 5.44. The van der Waals surface area contributed by atoms with Crippen LogP contribution in [-0.2, 0) is 0 Å². The van der Waals surface area contributed by atoms with Crippen molar-refractivity contribution >= 4 is 0 Å². The van der Waals surface area contributed by atoms with E-state index in [1.54, 1.807) is 0 Å². The first-order valence-corrected chi connectivity index (χ1v) is 6.45. The Kier molecular flexibility index (Phi) is 3.94. The van der Waals surface area contributed by atoms with Crippen molar-refractivity contribution in [1.29, 1.82) is 0 Å². The topological polar surface area (TPSA) is 24.9 Å². The maximum Gasteiger partial charge on any atom is 0.0315 e. The highest BCUT2D eigenvalue weighted by Crippen LogP contribution is 2.29. The van der Waals surface area contributed by atoms with Gasteiger partial charge in [0.05, 0.1) is 0 Å². The molecule has 2 rings (SSSR count). The van der Waals surface area contributed by atoms with E-state index in [1.165, 1.54) is 31.2 Å². The minimum Gasteiger partial charge on any atom is -0.307 e. The van der Waals surface area contributed by atoms with Gasteiger partial charge < -0.3 is 5.32 Å². The molecule has 1 fully saturated rings. The minimum absolute atomic E-state index is 0.425. The van der Waals surface area contributed by atoms with Gasteiger partial charge in [-0.1, -0.05) is 19.4 Å². The lowest BCUT2D eigenvalue weighted by atomic mass is 10.0. The molecule has 0 saturated heterocycles. The Morgan fingerprint density at radius 2 is 2.38 bits per heavy atom. The second-order valence-corrected chi connectivity index (χ2v) is 4.96. The summed E-state index contributed by atoms with van der Waals surface area (Å²) in [5, 5.41) is 3.72. The average Bonchev–Trinajstić information content (AvgIpc) is 2.78. The SMILES string of the molecule is CCC1CCC(NC(C)c2cccnc2)C1. The fourth-order valence-corrected chi connectivity index (χ4v) is 2.68. The van der Waals surface area contributed by atoms with Crippen LogP contribution < -0.4 is 5.32 Å². The monoisotopic (exact) mass is 218 g/mol. The first-order chi connectivity index (χ1) is 7.79. The first-order valence-electron chi connectivity index (χ1n) is 6.45. The molecule has 3 unspecified atom stereocenters. The number of hydrogen-bond donors (Lipinski definition) is 1. The zero-order valence-electron chi connectivity index (χ0n) is 10.3. The summed E-state index contributed by atoms with van der Waals surface area (Å²) in [6, 6.07) is 5.29. The van der Waals surface area contributed by atoms with Crippen molar-refractivity contribution in [2.75, 3.05) is 0 Å². The molecule has 3 atom stereocenters. The van der Waals surface area contributed by atoms with Crippen molar-refractivity contribution in [2.24, 2.45) is 5.92 Å². The molecule has 88 valence electrons. The fraction of sp³-hybridized carbons (Fsp3) is 0.643. The maximum absolute atomic E-state index is 4.17. The van der Waals surface area contributed by atoms with Gasteiger partial charge in [0, 0.05) is 24.5 Å². The third kappa shape index (κ3) is 2.82. The summed E-state index contributed by atoms with van der Waals surface area (Å²) in [5.74, 6) is 0.943. The van der Waals surface area contributed by atoms with Gasteiger partial charge in [0.2, 0.25) is 0 Å². The van der Waals surface area contributed by atoms with Crippen molar-refractivity contribution in [3.8, 4) is 0 Å². The lowest BCUT2D eigenvalue weighted by Crippen LogP contribution is -2.29. The molecule has 1 heterocycles. The molecule has 1 aromatic rings. The molecule has 0 bridgehead atoms. The number of hydrogen-bond acceptors (Lipinski definition) is 2. The van der Waals surface area contributed by atoms with Crippen molar-refractivity contribution in [2.45, 2.75) is 51.6 Å². The first kappa shape index (κ1) is 11.6. The summed E-state index contributed by atoms with van der Waals surface area (Å²) < 4.78 is 0. The van der Waals surface area contributed by atoms with Gasteiger partial charge >= 0.3 is 0 Å². The molecule has 2 heteroatoms. The van der Waals surface area contributed by atoms with Gasteiger partial charge in [-0.25, -0.2) is 0 Å². The molecule has 16 heavy (non-hydrogen) atoms. The van der Waals surface area contributed by atoms with E-state index < -0.39 is 0 Å². The van der Waals surface area contributed by atoms with Gasteiger partial charge in [-0.15, -0.1) is 0 Å². The van der Waals surface area contributed by atoms with Crippen molar-refractivity contribution in [3.05, 3.63) is 30.1 Å². The molecule has 1 aliphatic rings. The minimum atomic E-state index is 0.425. The number of aromatic nitrogens is 1. The Hall–Kier alpha value is -0.890. The third-order valence-electron chi connectivity index (χ3n) is 3.79. The van der Waals surface area contributed by atoms with Crippen LogP contribution in [0.2, 0.25) is 0 Å². The summed E-state index contributed by atoms with van der Waals surface area (Å²) in [6.07, 6.45) is 9.21. The van der Waals surface area contributed by atoms with E-state index in [2.05, 4.69) is 30.2 Å². The number of nitrogens with zero attached hydrogens (tertiary/aromatic N) is 1. The normalized spacial score (nSPS) is 26.9. The van der Waals surface area contributed by atoms with E-state index in [0.717, 1.165) is 5.92 Å². The molecule has 0 radical (unpaired) electrons. The van der Waals surface area contributed by atoms with E-state index in [4.69, 9.17) is 0 Å². The predicted molar refractivity (Wildman–Crippen MR) is 67.2 cm³/mol. The van der Waals surface area contributed by atoms with E-state index >= 15 is 0 Å². The van der Waals surface area contributed by atoms with E-state index in [9.17, 15) is 0 Å². The highest BCUT2D eigenvalue weighted by atomic mass is 15.0. The quantitative estimate of drug-likeness (QED) is 0.838. The molecule has 0 amide bonds. The van der Waals surface area contributed by atoms with E-state index in [1.807, 2.05) is 18.5 Å². The molecule has 1 aliphatic carbocycles. The Labute approximate surface area is 98.5 Å². The third-order valence-corrected chi connectivity index (χ3v) is 3.79. The Morgan fingerprint density at radius 1 is 1.50 bits per heavy atom. The molecule has 0 aromatic carbocycles. The molecule has 1 N–H and O–H groups in total. The summed E-state index contributed by atoms with van der Waals surface area (Å²) in [4.78, 5) is 4.17. The Morgan fingerprint density at radius 3 is 3.00 bits per heavy atom. The van der Waals surface area contributed by atoms with Crippen LogP contribution in [0.3, 0.4) is 0 Å². The number of pyridine rings is 1. The highest BCUT2D eigenvalue weighted by molar-refractivity contribution is 5.13. The summed E-state index contributed by atoms with van der Waals surface area (Å²) in [5.41, 5.74) is 1.29. The molecular formula is C14H22N2. The number of nitrogens with one attached hydrogen (secondary N) is 1. The fourth-order valence-electron chi connectivity index (χ4n) is 2.68. The van der Waals surface area contributed by atoms with E-state index in [-0.39, 0.29) is 0 Å². The van der Waals surface area contributed by atoms with Gasteiger partial charge in [0.15, 0.2) is 0 Å². The Bertz CT molecular complexity index is 310. The molecule has 2 nitrogen and oxygen atoms in total. The molecule has 1 aromatic heterocycles. The standard InChI is InChI=1S/C14H22N2/c1-3-12-6-7-14(9-12)16-11(2)13-5-4-8-15-10-13/h4-5,8,10-12,14,16H,3,6-7,9H2,1-2H3. The van der Waals surface area contributed by atoms with Crippen molar-refractivity contribution in [1.82, 2.24) is 10.3 Å². The van der Waals surface area contributed by atoms with Crippen LogP contribution in [-0.4, -0.2) is 11.0 Å². The van der Waals surface area contributed by atoms with Crippen LogP contribution in [0.1, 0.15) is 51.1 Å². The van der Waals surface area contributed by atoms with Gasteiger partial charge in [-0.2, -0.15) is 0 Å². The van der Waals surface area contributed by atoms with Crippen molar-refractivity contribution < 1.29 is 0 Å². The summed E-state index contributed by atoms with van der Waals surface area (Å²) in [6.45, 7) is 4.54. The number of rotatable bonds is 4. The molecule has 0 aliphatic heterocycles. The zero-order valence-corrected chi connectivity index (χ0v) is 10.3.